The van der Waals surface area contributed by atoms with Crippen LogP contribution < -0.4 is 10.6 Å². The lowest BCUT2D eigenvalue weighted by atomic mass is 10.1. The molecule has 0 aromatic rings. The molecule has 1 rings (SSSR count). The average molecular weight is 200 g/mol. The molecule has 0 aromatic carbocycles. The Morgan fingerprint density at radius 3 is 3.00 bits per heavy atom. The van der Waals surface area contributed by atoms with Crippen molar-refractivity contribution < 1.29 is 9.53 Å². The lowest BCUT2D eigenvalue weighted by molar-refractivity contribution is -0.132. The van der Waals surface area contributed by atoms with Crippen molar-refractivity contribution in [3.63, 3.8) is 0 Å². The van der Waals surface area contributed by atoms with Crippen LogP contribution in [0.4, 0.5) is 0 Å². The SMILES string of the molecule is CCC(OC)C(=O)NC1CCCNC1. The Kier molecular flexibility index (Phi) is 4.90. The summed E-state index contributed by atoms with van der Waals surface area (Å²) in [5.74, 6) is 0.0173. The number of rotatable bonds is 4. The van der Waals surface area contributed by atoms with E-state index in [1.54, 1.807) is 7.11 Å². The molecule has 0 saturated carbocycles. The van der Waals surface area contributed by atoms with Crippen LogP contribution in [0.3, 0.4) is 0 Å². The molecular weight excluding hydrogens is 180 g/mol. The highest BCUT2D eigenvalue weighted by atomic mass is 16.5. The molecule has 0 aliphatic carbocycles. The van der Waals surface area contributed by atoms with Crippen molar-refractivity contribution >= 4 is 5.91 Å². The fourth-order valence-electron chi connectivity index (χ4n) is 1.73. The van der Waals surface area contributed by atoms with Crippen molar-refractivity contribution in [1.29, 1.82) is 0 Å². The van der Waals surface area contributed by atoms with Crippen LogP contribution >= 0.6 is 0 Å². The summed E-state index contributed by atoms with van der Waals surface area (Å²) in [6.45, 7) is 3.90. The van der Waals surface area contributed by atoms with Crippen LogP contribution in [-0.4, -0.2) is 38.3 Å². The lowest BCUT2D eigenvalue weighted by Gasteiger charge is -2.25. The largest absolute Gasteiger partial charge is 0.372 e. The molecule has 4 nitrogen and oxygen atoms in total. The second-order valence-corrected chi connectivity index (χ2v) is 3.68. The minimum Gasteiger partial charge on any atom is -0.372 e. The number of piperidine rings is 1. The maximum absolute atomic E-state index is 11.6. The van der Waals surface area contributed by atoms with Gasteiger partial charge < -0.3 is 15.4 Å². The second-order valence-electron chi connectivity index (χ2n) is 3.68. The van der Waals surface area contributed by atoms with Crippen molar-refractivity contribution in [2.45, 2.75) is 38.3 Å². The van der Waals surface area contributed by atoms with Gasteiger partial charge in [0.25, 0.3) is 0 Å². The number of ether oxygens (including phenoxy) is 1. The van der Waals surface area contributed by atoms with E-state index in [1.165, 1.54) is 0 Å². The average Bonchev–Trinajstić information content (AvgIpc) is 2.21. The summed E-state index contributed by atoms with van der Waals surface area (Å²) < 4.78 is 5.07. The fourth-order valence-corrected chi connectivity index (χ4v) is 1.73. The predicted octanol–water partition coefficient (Wildman–Crippen LogP) is 0.280. The van der Waals surface area contributed by atoms with Gasteiger partial charge in [-0.3, -0.25) is 4.79 Å². The highest BCUT2D eigenvalue weighted by molar-refractivity contribution is 5.81. The quantitative estimate of drug-likeness (QED) is 0.685. The van der Waals surface area contributed by atoms with E-state index in [2.05, 4.69) is 10.6 Å². The molecule has 2 N–H and O–H groups in total. The predicted molar refractivity (Wildman–Crippen MR) is 55.1 cm³/mol. The molecule has 4 heteroatoms. The summed E-state index contributed by atoms with van der Waals surface area (Å²) >= 11 is 0. The smallest absolute Gasteiger partial charge is 0.249 e. The summed E-state index contributed by atoms with van der Waals surface area (Å²) in [6, 6.07) is 0.278. The van der Waals surface area contributed by atoms with Crippen LogP contribution in [0, 0.1) is 0 Å². The molecule has 0 aromatic heterocycles. The van der Waals surface area contributed by atoms with Crippen LogP contribution in [0.15, 0.2) is 0 Å². The number of hydrogen-bond donors (Lipinski definition) is 2. The van der Waals surface area contributed by atoms with E-state index in [0.717, 1.165) is 32.4 Å². The number of carbonyl (C=O) groups is 1. The number of amides is 1. The second kappa shape index (κ2) is 5.98. The summed E-state index contributed by atoms with van der Waals surface area (Å²) in [5, 5.41) is 6.25. The Labute approximate surface area is 85.4 Å². The highest BCUT2D eigenvalue weighted by Crippen LogP contribution is 2.03. The van der Waals surface area contributed by atoms with Crippen molar-refractivity contribution in [2.24, 2.45) is 0 Å². The van der Waals surface area contributed by atoms with E-state index in [-0.39, 0.29) is 18.1 Å². The third-order valence-electron chi connectivity index (χ3n) is 2.59. The molecule has 2 atom stereocenters. The van der Waals surface area contributed by atoms with Crippen molar-refractivity contribution in [2.75, 3.05) is 20.2 Å². The van der Waals surface area contributed by atoms with Crippen LogP contribution in [0.2, 0.25) is 0 Å². The van der Waals surface area contributed by atoms with E-state index >= 15 is 0 Å². The van der Waals surface area contributed by atoms with Gasteiger partial charge in [0, 0.05) is 19.7 Å². The zero-order chi connectivity index (χ0) is 10.4. The van der Waals surface area contributed by atoms with Gasteiger partial charge in [-0.05, 0) is 25.8 Å². The molecule has 2 unspecified atom stereocenters. The highest BCUT2D eigenvalue weighted by Gasteiger charge is 2.20. The summed E-state index contributed by atoms with van der Waals surface area (Å²) in [4.78, 5) is 11.6. The van der Waals surface area contributed by atoms with E-state index in [1.807, 2.05) is 6.92 Å². The first-order valence-corrected chi connectivity index (χ1v) is 5.31. The lowest BCUT2D eigenvalue weighted by Crippen LogP contribution is -2.48. The van der Waals surface area contributed by atoms with Crippen LogP contribution in [0.25, 0.3) is 0 Å². The van der Waals surface area contributed by atoms with Gasteiger partial charge in [0.2, 0.25) is 5.91 Å². The van der Waals surface area contributed by atoms with Gasteiger partial charge in [-0.1, -0.05) is 6.92 Å². The molecule has 1 aliphatic rings. The molecule has 0 bridgehead atoms. The number of nitrogens with one attached hydrogen (secondary N) is 2. The van der Waals surface area contributed by atoms with E-state index in [4.69, 9.17) is 4.74 Å². The third kappa shape index (κ3) is 3.27. The van der Waals surface area contributed by atoms with E-state index < -0.39 is 0 Å². The fraction of sp³-hybridized carbons (Fsp3) is 0.900. The van der Waals surface area contributed by atoms with E-state index in [0.29, 0.717) is 0 Å². The Hall–Kier alpha value is -0.610. The van der Waals surface area contributed by atoms with Gasteiger partial charge in [-0.15, -0.1) is 0 Å². The molecule has 1 fully saturated rings. The number of carbonyl (C=O) groups excluding carboxylic acids is 1. The summed E-state index contributed by atoms with van der Waals surface area (Å²) in [5.41, 5.74) is 0. The normalized spacial score (nSPS) is 24.3. The number of methoxy groups -OCH3 is 1. The van der Waals surface area contributed by atoms with Crippen LogP contribution in [-0.2, 0) is 9.53 Å². The van der Waals surface area contributed by atoms with Gasteiger partial charge >= 0.3 is 0 Å². The minimum atomic E-state index is -0.295. The maximum Gasteiger partial charge on any atom is 0.249 e. The van der Waals surface area contributed by atoms with Gasteiger partial charge in [-0.25, -0.2) is 0 Å². The van der Waals surface area contributed by atoms with Crippen molar-refractivity contribution in [3.05, 3.63) is 0 Å². The first kappa shape index (κ1) is 11.5. The topological polar surface area (TPSA) is 50.4 Å². The molecule has 14 heavy (non-hydrogen) atoms. The molecule has 0 spiro atoms. The Morgan fingerprint density at radius 1 is 1.71 bits per heavy atom. The molecular formula is C10H20N2O2. The molecule has 0 radical (unpaired) electrons. The van der Waals surface area contributed by atoms with Gasteiger partial charge in [0.1, 0.15) is 6.10 Å². The minimum absolute atomic E-state index is 0.0173. The molecule has 1 aliphatic heterocycles. The van der Waals surface area contributed by atoms with Crippen LogP contribution in [0.1, 0.15) is 26.2 Å². The van der Waals surface area contributed by atoms with Gasteiger partial charge in [0.05, 0.1) is 0 Å². The maximum atomic E-state index is 11.6. The summed E-state index contributed by atoms with van der Waals surface area (Å²) in [6.07, 6.45) is 2.63. The molecule has 1 heterocycles. The number of hydrogen-bond acceptors (Lipinski definition) is 3. The molecule has 1 amide bonds. The zero-order valence-electron chi connectivity index (χ0n) is 9.01. The Balaban J connectivity index is 2.30. The Bertz CT molecular complexity index is 175. The monoisotopic (exact) mass is 200 g/mol. The first-order chi connectivity index (χ1) is 6.77. The third-order valence-corrected chi connectivity index (χ3v) is 2.59. The van der Waals surface area contributed by atoms with Gasteiger partial charge in [0.15, 0.2) is 0 Å². The molecule has 1 saturated heterocycles. The Morgan fingerprint density at radius 2 is 2.50 bits per heavy atom. The molecule has 82 valence electrons. The van der Waals surface area contributed by atoms with Gasteiger partial charge in [-0.2, -0.15) is 0 Å². The van der Waals surface area contributed by atoms with Crippen molar-refractivity contribution in [3.8, 4) is 0 Å². The zero-order valence-corrected chi connectivity index (χ0v) is 9.01. The summed E-state index contributed by atoms with van der Waals surface area (Å²) in [7, 11) is 1.58. The first-order valence-electron chi connectivity index (χ1n) is 5.31. The standard InChI is InChI=1S/C10H20N2O2/c1-3-9(14-2)10(13)12-8-5-4-6-11-7-8/h8-9,11H,3-7H2,1-2H3,(H,12,13). The van der Waals surface area contributed by atoms with Crippen molar-refractivity contribution in [1.82, 2.24) is 10.6 Å². The van der Waals surface area contributed by atoms with E-state index in [9.17, 15) is 4.79 Å². The van der Waals surface area contributed by atoms with Crippen LogP contribution in [0.5, 0.6) is 0 Å².